The van der Waals surface area contributed by atoms with Crippen LogP contribution in [0, 0.1) is 17.3 Å². The fourth-order valence-corrected chi connectivity index (χ4v) is 2.59. The summed E-state index contributed by atoms with van der Waals surface area (Å²) in [6.45, 7) is 7.84. The second-order valence-corrected chi connectivity index (χ2v) is 5.15. The van der Waals surface area contributed by atoms with Crippen LogP contribution in [0.2, 0.25) is 0 Å². The van der Waals surface area contributed by atoms with Gasteiger partial charge in [0.2, 0.25) is 5.91 Å². The van der Waals surface area contributed by atoms with E-state index in [4.69, 9.17) is 0 Å². The van der Waals surface area contributed by atoms with Crippen molar-refractivity contribution in [3.05, 3.63) is 0 Å². The molecule has 0 aromatic heterocycles. The van der Waals surface area contributed by atoms with E-state index < -0.39 is 23.3 Å². The fourth-order valence-electron chi connectivity index (χ4n) is 2.59. The fraction of sp³-hybridized carbons (Fsp3) is 0.769. The van der Waals surface area contributed by atoms with Gasteiger partial charge in [-0.15, -0.1) is 0 Å². The van der Waals surface area contributed by atoms with Crippen LogP contribution in [0.1, 0.15) is 47.0 Å². The summed E-state index contributed by atoms with van der Waals surface area (Å²) < 4.78 is 0. The molecule has 1 aliphatic rings. The van der Waals surface area contributed by atoms with Gasteiger partial charge in [0, 0.05) is 0 Å². The summed E-state index contributed by atoms with van der Waals surface area (Å²) in [6.07, 6.45) is 2.13. The number of carbonyl (C=O) groups is 2. The third-order valence-electron chi connectivity index (χ3n) is 4.06. The quantitative estimate of drug-likeness (QED) is 0.618. The van der Waals surface area contributed by atoms with E-state index in [1.807, 2.05) is 6.92 Å². The van der Waals surface area contributed by atoms with Gasteiger partial charge in [-0.05, 0) is 30.6 Å². The zero-order valence-corrected chi connectivity index (χ0v) is 14.4. The molecule has 102 valence electrons. The van der Waals surface area contributed by atoms with Gasteiger partial charge in [0.15, 0.2) is 0 Å². The standard InChI is InChI=1S/C13H22N2O3.Na/c1-5-8(3)7-9(4)13(6-2)10(16)14-12(18)15-11(13)17;/h8-9H,5-7H2,1-4H3,(H2,14,15,16,17,18);/q;+1/p-1. The average molecular weight is 276 g/mol. The molecule has 0 aliphatic carbocycles. The minimum Gasteiger partial charge on any atom is -0.861 e. The number of rotatable bonds is 5. The van der Waals surface area contributed by atoms with Crippen LogP contribution in [-0.2, 0) is 4.79 Å². The first-order chi connectivity index (χ1) is 8.38. The number of amides is 3. The topological polar surface area (TPSA) is 81.6 Å². The van der Waals surface area contributed by atoms with Crippen LogP contribution in [0.5, 0.6) is 0 Å². The van der Waals surface area contributed by atoms with Crippen molar-refractivity contribution in [1.29, 1.82) is 0 Å². The van der Waals surface area contributed by atoms with Gasteiger partial charge in [0.25, 0.3) is 0 Å². The summed E-state index contributed by atoms with van der Waals surface area (Å²) in [7, 11) is 0. The molecule has 3 amide bonds. The van der Waals surface area contributed by atoms with Gasteiger partial charge >= 0.3 is 35.6 Å². The summed E-state index contributed by atoms with van der Waals surface area (Å²) in [4.78, 5) is 26.5. The monoisotopic (exact) mass is 276 g/mol. The van der Waals surface area contributed by atoms with E-state index in [0.717, 1.165) is 12.8 Å². The van der Waals surface area contributed by atoms with E-state index >= 15 is 0 Å². The van der Waals surface area contributed by atoms with Crippen molar-refractivity contribution in [2.45, 2.75) is 47.0 Å². The van der Waals surface area contributed by atoms with E-state index in [-0.39, 0.29) is 35.5 Å². The molecule has 3 unspecified atom stereocenters. The SMILES string of the molecule is CCC(C)CC(C)C1(CC)C(=O)NC(=O)N=C1[O-].[Na+]. The second kappa shape index (κ2) is 7.41. The molecule has 0 saturated heterocycles. The predicted octanol–water partition coefficient (Wildman–Crippen LogP) is -1.53. The molecule has 0 aromatic rings. The van der Waals surface area contributed by atoms with E-state index in [2.05, 4.69) is 24.2 Å². The maximum atomic E-state index is 12.1. The molecule has 1 N–H and O–H groups in total. The molecule has 0 radical (unpaired) electrons. The number of nitrogens with one attached hydrogen (secondary N) is 1. The number of imide groups is 1. The predicted molar refractivity (Wildman–Crippen MR) is 66.9 cm³/mol. The van der Waals surface area contributed by atoms with Crippen molar-refractivity contribution < 1.29 is 44.3 Å². The Morgan fingerprint density at radius 2 is 1.89 bits per heavy atom. The number of carbonyl (C=O) groups excluding carboxylic acids is 2. The van der Waals surface area contributed by atoms with Gasteiger partial charge in [-0.3, -0.25) is 10.1 Å². The van der Waals surface area contributed by atoms with E-state index in [1.165, 1.54) is 0 Å². The molecule has 6 heteroatoms. The Labute approximate surface area is 136 Å². The molecule has 19 heavy (non-hydrogen) atoms. The summed E-state index contributed by atoms with van der Waals surface area (Å²) in [6, 6.07) is -0.843. The summed E-state index contributed by atoms with van der Waals surface area (Å²) in [5, 5.41) is 14.2. The van der Waals surface area contributed by atoms with Crippen LogP contribution in [0.25, 0.3) is 0 Å². The Hall–Kier alpha value is -0.390. The van der Waals surface area contributed by atoms with Gasteiger partial charge < -0.3 is 5.11 Å². The van der Waals surface area contributed by atoms with Crippen LogP contribution in [0.15, 0.2) is 4.99 Å². The minimum atomic E-state index is -1.17. The van der Waals surface area contributed by atoms with E-state index in [0.29, 0.717) is 12.3 Å². The smallest absolute Gasteiger partial charge is 0.861 e. The first-order valence-corrected chi connectivity index (χ1v) is 6.50. The second-order valence-electron chi connectivity index (χ2n) is 5.15. The summed E-state index contributed by atoms with van der Waals surface area (Å²) in [5.41, 5.74) is -1.17. The molecule has 5 nitrogen and oxygen atoms in total. The van der Waals surface area contributed by atoms with Crippen LogP contribution >= 0.6 is 0 Å². The van der Waals surface area contributed by atoms with Crippen molar-refractivity contribution in [3.63, 3.8) is 0 Å². The molecule has 0 bridgehead atoms. The van der Waals surface area contributed by atoms with Gasteiger partial charge in [0.1, 0.15) is 0 Å². The van der Waals surface area contributed by atoms with Crippen LogP contribution in [0.4, 0.5) is 4.79 Å². The van der Waals surface area contributed by atoms with Crippen LogP contribution < -0.4 is 40.0 Å². The molecule has 1 aliphatic heterocycles. The number of urea groups is 1. The van der Waals surface area contributed by atoms with Crippen molar-refractivity contribution in [3.8, 4) is 0 Å². The van der Waals surface area contributed by atoms with E-state index in [1.54, 1.807) is 6.92 Å². The Balaban J connectivity index is 0.00000324. The van der Waals surface area contributed by atoms with Gasteiger partial charge in [-0.25, -0.2) is 9.79 Å². The van der Waals surface area contributed by atoms with Crippen molar-refractivity contribution in [2.24, 2.45) is 22.2 Å². The largest absolute Gasteiger partial charge is 1.00 e. The molecule has 0 saturated carbocycles. The number of nitrogens with zero attached hydrogens (tertiary/aromatic N) is 1. The third kappa shape index (κ3) is 3.58. The molecular formula is C13H21N2NaO3. The Morgan fingerprint density at radius 3 is 2.32 bits per heavy atom. The number of hydrogen-bond donors (Lipinski definition) is 1. The summed E-state index contributed by atoms with van der Waals surface area (Å²) >= 11 is 0. The first kappa shape index (κ1) is 18.6. The normalized spacial score (nSPS) is 26.0. The van der Waals surface area contributed by atoms with Crippen molar-refractivity contribution in [2.75, 3.05) is 0 Å². The van der Waals surface area contributed by atoms with Gasteiger partial charge in [0.05, 0.1) is 5.41 Å². The number of aliphatic imine (C=N–C) groups is 1. The molecule has 3 atom stereocenters. The number of hydrogen-bond acceptors (Lipinski definition) is 3. The molecule has 0 fully saturated rings. The summed E-state index contributed by atoms with van der Waals surface area (Å²) in [5.74, 6) is -0.774. The van der Waals surface area contributed by atoms with E-state index in [9.17, 15) is 14.7 Å². The van der Waals surface area contributed by atoms with Crippen molar-refractivity contribution in [1.82, 2.24) is 5.32 Å². The Kier molecular flexibility index (Phi) is 7.26. The minimum absolute atomic E-state index is 0. The molecule has 0 aromatic carbocycles. The molecule has 0 spiro atoms. The molecule has 1 rings (SSSR count). The van der Waals surface area contributed by atoms with Gasteiger partial charge in [-0.1, -0.05) is 34.1 Å². The molecular weight excluding hydrogens is 255 g/mol. The maximum absolute atomic E-state index is 12.1. The third-order valence-corrected chi connectivity index (χ3v) is 4.06. The van der Waals surface area contributed by atoms with Crippen LogP contribution in [-0.4, -0.2) is 17.8 Å². The van der Waals surface area contributed by atoms with Crippen molar-refractivity contribution >= 4 is 17.8 Å². The zero-order chi connectivity index (χ0) is 13.9. The molecule has 1 heterocycles. The van der Waals surface area contributed by atoms with Gasteiger partial charge in [-0.2, -0.15) is 0 Å². The van der Waals surface area contributed by atoms with Crippen LogP contribution in [0.3, 0.4) is 0 Å². The Morgan fingerprint density at radius 1 is 1.32 bits per heavy atom. The average Bonchev–Trinajstić information content (AvgIpc) is 2.28. The zero-order valence-electron chi connectivity index (χ0n) is 12.4. The Bertz CT molecular complexity index is 384. The maximum Gasteiger partial charge on any atom is 1.00 e. The first-order valence-electron chi connectivity index (χ1n) is 6.50.